The number of sulfonamides is 1. The monoisotopic (exact) mass is 908 g/mol. The van der Waals surface area contributed by atoms with E-state index in [0.29, 0.717) is 47.7 Å². The van der Waals surface area contributed by atoms with Gasteiger partial charge in [0.1, 0.15) is 39.0 Å². The van der Waals surface area contributed by atoms with Gasteiger partial charge >= 0.3 is 18.3 Å². The van der Waals surface area contributed by atoms with Crippen LogP contribution in [0.3, 0.4) is 0 Å². The third-order valence-corrected chi connectivity index (χ3v) is 11.3. The Labute approximate surface area is 364 Å². The number of nitrogens with zero attached hydrogens (tertiary/aromatic N) is 4. The number of ether oxygens (including phenoxy) is 3. The fourth-order valence-electron chi connectivity index (χ4n) is 6.78. The number of rotatable bonds is 8. The van der Waals surface area contributed by atoms with Gasteiger partial charge in [-0.1, -0.05) is 23.2 Å². The van der Waals surface area contributed by atoms with E-state index in [-0.39, 0.29) is 38.9 Å². The lowest BCUT2D eigenvalue weighted by Crippen LogP contribution is -2.44. The molecular weight excluding hydrogens is 857 g/mol. The maximum absolute atomic E-state index is 16.6. The van der Waals surface area contributed by atoms with Crippen molar-refractivity contribution in [3.63, 3.8) is 0 Å². The molecule has 1 fully saturated rings. The first-order valence-electron chi connectivity index (χ1n) is 19.7. The third kappa shape index (κ3) is 11.4. The van der Waals surface area contributed by atoms with Crippen LogP contribution in [0.4, 0.5) is 34.7 Å². The van der Waals surface area contributed by atoms with Gasteiger partial charge in [0.2, 0.25) is 0 Å². The van der Waals surface area contributed by atoms with Crippen molar-refractivity contribution in [3.05, 3.63) is 63.8 Å². The van der Waals surface area contributed by atoms with Crippen LogP contribution in [0.5, 0.6) is 0 Å². The predicted octanol–water partition coefficient (Wildman–Crippen LogP) is 11.3. The summed E-state index contributed by atoms with van der Waals surface area (Å²) >= 11 is 12.1. The van der Waals surface area contributed by atoms with Crippen LogP contribution in [0.2, 0.25) is 10.0 Å². The molecule has 14 nitrogen and oxygen atoms in total. The summed E-state index contributed by atoms with van der Waals surface area (Å²) in [5.41, 5.74) is -3.26. The SMILES string of the molecule is CC(C)n1nc(-c2cc(F)c(NS(=O)(=O)c3cc(Cl)ccc3Cl)cc2F)c2c(N(C(=O)OC(C)(C)C)C(=O)OC(C)(C)C)ncc(C3CCC(NC(=O)OC(C)(C)C)CC3)c21. The number of fused-ring (bicyclic) bond motifs is 1. The number of amides is 3. The Morgan fingerprint density at radius 3 is 1.97 bits per heavy atom. The number of pyridine rings is 1. The Morgan fingerprint density at radius 2 is 1.43 bits per heavy atom. The molecule has 0 atom stereocenters. The van der Waals surface area contributed by atoms with Gasteiger partial charge in [-0.05, 0) is 138 Å². The van der Waals surface area contributed by atoms with Crippen LogP contribution in [0.1, 0.15) is 119 Å². The van der Waals surface area contributed by atoms with Crippen LogP contribution >= 0.6 is 23.2 Å². The highest BCUT2D eigenvalue weighted by Gasteiger charge is 2.39. The molecule has 61 heavy (non-hydrogen) atoms. The molecule has 4 aromatic rings. The maximum Gasteiger partial charge on any atom is 0.425 e. The molecule has 0 saturated heterocycles. The van der Waals surface area contributed by atoms with Crippen LogP contribution < -0.4 is 14.9 Å². The number of hydrogen-bond donors (Lipinski definition) is 2. The molecule has 2 aromatic heterocycles. The summed E-state index contributed by atoms with van der Waals surface area (Å²) in [5, 5.41) is 7.55. The fourth-order valence-corrected chi connectivity index (χ4v) is 8.61. The molecule has 332 valence electrons. The second-order valence-electron chi connectivity index (χ2n) is 18.1. The zero-order valence-electron chi connectivity index (χ0n) is 36.0. The number of halogens is 4. The van der Waals surface area contributed by atoms with Crippen molar-refractivity contribution in [2.24, 2.45) is 0 Å². The van der Waals surface area contributed by atoms with Crippen molar-refractivity contribution in [2.45, 2.75) is 142 Å². The van der Waals surface area contributed by atoms with Crippen LogP contribution in [0, 0.1) is 11.6 Å². The summed E-state index contributed by atoms with van der Waals surface area (Å²) in [6.07, 6.45) is 0.929. The average Bonchev–Trinajstić information content (AvgIpc) is 3.50. The zero-order valence-corrected chi connectivity index (χ0v) is 38.3. The number of alkyl carbamates (subject to hydrolysis) is 1. The molecule has 3 amide bonds. The minimum Gasteiger partial charge on any atom is -0.444 e. The molecule has 1 aliphatic carbocycles. The van der Waals surface area contributed by atoms with Gasteiger partial charge in [-0.25, -0.2) is 36.6 Å². The van der Waals surface area contributed by atoms with Crippen molar-refractivity contribution in [2.75, 3.05) is 9.62 Å². The molecule has 1 saturated carbocycles. The lowest BCUT2D eigenvalue weighted by molar-refractivity contribution is 0.0425. The number of carbonyl (C=O) groups excluding carboxylic acids is 3. The predicted molar refractivity (Wildman–Crippen MR) is 230 cm³/mol. The zero-order chi connectivity index (χ0) is 45.6. The highest BCUT2D eigenvalue weighted by atomic mass is 35.5. The Balaban J connectivity index is 1.72. The van der Waals surface area contributed by atoms with Crippen molar-refractivity contribution in [1.29, 1.82) is 0 Å². The Morgan fingerprint density at radius 1 is 0.852 bits per heavy atom. The summed E-state index contributed by atoms with van der Waals surface area (Å²) < 4.78 is 79.9. The Hall–Kier alpha value is -4.74. The lowest BCUT2D eigenvalue weighted by atomic mass is 9.81. The van der Waals surface area contributed by atoms with Gasteiger partial charge in [0, 0.05) is 34.9 Å². The first kappa shape index (κ1) is 47.3. The molecule has 2 N–H and O–H groups in total. The number of imide groups is 1. The van der Waals surface area contributed by atoms with E-state index in [1.807, 2.05) is 18.6 Å². The molecule has 5 rings (SSSR count). The summed E-state index contributed by atoms with van der Waals surface area (Å²) in [5.74, 6) is -2.83. The molecule has 2 aromatic carbocycles. The van der Waals surface area contributed by atoms with E-state index in [1.54, 1.807) is 67.0 Å². The first-order valence-corrected chi connectivity index (χ1v) is 21.9. The lowest BCUT2D eigenvalue weighted by Gasteiger charge is -2.31. The van der Waals surface area contributed by atoms with E-state index in [2.05, 4.69) is 10.3 Å². The third-order valence-electron chi connectivity index (χ3n) is 9.21. The number of hydrogen-bond acceptors (Lipinski definition) is 10. The van der Waals surface area contributed by atoms with Gasteiger partial charge in [-0.2, -0.15) is 10.00 Å². The molecule has 19 heteroatoms. The second kappa shape index (κ2) is 17.6. The minimum atomic E-state index is -4.57. The van der Waals surface area contributed by atoms with Gasteiger partial charge in [-0.3, -0.25) is 9.40 Å². The molecule has 0 aliphatic heterocycles. The van der Waals surface area contributed by atoms with E-state index in [9.17, 15) is 22.8 Å². The van der Waals surface area contributed by atoms with Gasteiger partial charge in [0.05, 0.1) is 21.6 Å². The number of carbonyl (C=O) groups is 3. The van der Waals surface area contributed by atoms with Crippen molar-refractivity contribution in [3.8, 4) is 11.3 Å². The molecule has 0 spiro atoms. The number of benzene rings is 2. The van der Waals surface area contributed by atoms with E-state index in [4.69, 9.17) is 42.5 Å². The van der Waals surface area contributed by atoms with Gasteiger partial charge in [0.25, 0.3) is 10.0 Å². The van der Waals surface area contributed by atoms with E-state index in [0.717, 1.165) is 12.1 Å². The molecular formula is C42H52Cl2F2N6O8S. The number of anilines is 2. The van der Waals surface area contributed by atoms with E-state index in [1.165, 1.54) is 18.3 Å². The molecule has 0 unspecified atom stereocenters. The summed E-state index contributed by atoms with van der Waals surface area (Å²) in [7, 11) is -4.57. The first-order chi connectivity index (χ1) is 28.0. The number of aromatic nitrogens is 3. The molecule has 2 heterocycles. The largest absolute Gasteiger partial charge is 0.444 e. The minimum absolute atomic E-state index is 0.00531. The average molecular weight is 910 g/mol. The molecule has 0 bridgehead atoms. The summed E-state index contributed by atoms with van der Waals surface area (Å²) in [6.45, 7) is 18.6. The van der Waals surface area contributed by atoms with Gasteiger partial charge < -0.3 is 19.5 Å². The smallest absolute Gasteiger partial charge is 0.425 e. The van der Waals surface area contributed by atoms with E-state index < -0.39 is 78.9 Å². The van der Waals surface area contributed by atoms with Crippen molar-refractivity contribution < 1.29 is 45.8 Å². The Kier molecular flexibility index (Phi) is 13.6. The van der Waals surface area contributed by atoms with Crippen LogP contribution in [0.25, 0.3) is 22.2 Å². The van der Waals surface area contributed by atoms with Gasteiger partial charge in [0.15, 0.2) is 5.82 Å². The molecule has 1 aliphatic rings. The normalized spacial score (nSPS) is 16.3. The second-order valence-corrected chi connectivity index (χ2v) is 20.6. The van der Waals surface area contributed by atoms with E-state index >= 15 is 8.78 Å². The summed E-state index contributed by atoms with van der Waals surface area (Å²) in [6, 6.07) is 4.49. The Bertz CT molecular complexity index is 2420. The van der Waals surface area contributed by atoms with Crippen LogP contribution in [-0.2, 0) is 24.2 Å². The van der Waals surface area contributed by atoms with Crippen molar-refractivity contribution >= 4 is 73.9 Å². The maximum atomic E-state index is 16.6. The quantitative estimate of drug-likeness (QED) is 0.162. The number of nitrogens with one attached hydrogen (secondary N) is 2. The standard InChI is InChI=1S/C42H52Cl2F2N6O8S/c1-22(2)52-35-27(23-12-15-25(16-13-23)48-37(53)58-40(3,4)5)21-47-36(51(38(54)59-41(6,7)8)39(55)60-42(9,10)11)33(35)34(49-52)26-19-30(46)31(20-29(26)45)50-61(56,57)32-18-24(43)14-17-28(32)44/h14,17-23,25,50H,12-13,15-16H2,1-11H3,(H,48,53). The highest BCUT2D eigenvalue weighted by Crippen LogP contribution is 2.44. The van der Waals surface area contributed by atoms with Crippen LogP contribution in [0.15, 0.2) is 41.4 Å². The fraction of sp³-hybridized carbons (Fsp3) is 0.500. The van der Waals surface area contributed by atoms with Gasteiger partial charge in [-0.15, -0.1) is 0 Å². The topological polar surface area (TPSA) is 171 Å². The van der Waals surface area contributed by atoms with Crippen molar-refractivity contribution in [1.82, 2.24) is 20.1 Å². The van der Waals surface area contributed by atoms with Crippen LogP contribution in [-0.4, -0.2) is 64.3 Å². The summed E-state index contributed by atoms with van der Waals surface area (Å²) in [4.78, 5) is 45.5. The molecule has 0 radical (unpaired) electrons. The highest BCUT2D eigenvalue weighted by molar-refractivity contribution is 7.92.